The maximum absolute atomic E-state index is 5.89. The Hall–Kier alpha value is -0.980. The Bertz CT molecular complexity index is 361. The van der Waals surface area contributed by atoms with Crippen molar-refractivity contribution in [2.24, 2.45) is 5.73 Å². The molecule has 18 heavy (non-hydrogen) atoms. The predicted molar refractivity (Wildman–Crippen MR) is 65.0 cm³/mol. The van der Waals surface area contributed by atoms with E-state index in [1.807, 2.05) is 0 Å². The molecule has 0 unspecified atom stereocenters. The van der Waals surface area contributed by atoms with Crippen LogP contribution < -0.4 is 5.73 Å². The average Bonchev–Trinajstić information content (AvgIpc) is 2.89. The third-order valence-electron chi connectivity index (χ3n) is 3.34. The number of hydrogen-bond donors (Lipinski definition) is 1. The third kappa shape index (κ3) is 2.88. The van der Waals surface area contributed by atoms with Crippen LogP contribution in [0.1, 0.15) is 37.9 Å². The van der Waals surface area contributed by atoms with Crippen LogP contribution in [0.15, 0.2) is 4.52 Å². The van der Waals surface area contributed by atoms with Gasteiger partial charge in [-0.3, -0.25) is 0 Å². The highest BCUT2D eigenvalue weighted by molar-refractivity contribution is 5.07. The molecule has 0 amide bonds. The average molecular weight is 255 g/mol. The van der Waals surface area contributed by atoms with Crippen LogP contribution in [-0.2, 0) is 21.5 Å². The van der Waals surface area contributed by atoms with E-state index < -0.39 is 0 Å². The molecule has 0 aromatic carbocycles. The van der Waals surface area contributed by atoms with Gasteiger partial charge in [-0.05, 0) is 19.3 Å². The van der Waals surface area contributed by atoms with Gasteiger partial charge in [-0.15, -0.1) is 0 Å². The van der Waals surface area contributed by atoms with Gasteiger partial charge < -0.3 is 19.7 Å². The van der Waals surface area contributed by atoms with Crippen molar-refractivity contribution < 1.29 is 14.0 Å². The van der Waals surface area contributed by atoms with E-state index >= 15 is 0 Å². The summed E-state index contributed by atoms with van der Waals surface area (Å²) in [5, 5.41) is 3.95. The summed E-state index contributed by atoms with van der Waals surface area (Å²) in [7, 11) is 0. The fourth-order valence-corrected chi connectivity index (χ4v) is 2.10. The summed E-state index contributed by atoms with van der Waals surface area (Å²) in [6.45, 7) is 5.07. The minimum Gasteiger partial charge on any atom is -0.381 e. The molecule has 102 valence electrons. The van der Waals surface area contributed by atoms with Crippen molar-refractivity contribution in [3.8, 4) is 0 Å². The van der Waals surface area contributed by atoms with Crippen molar-refractivity contribution in [2.45, 2.75) is 38.2 Å². The lowest BCUT2D eigenvalue weighted by atomic mass is 9.80. The molecule has 0 bridgehead atoms. The van der Waals surface area contributed by atoms with E-state index in [0.29, 0.717) is 44.7 Å². The van der Waals surface area contributed by atoms with Crippen molar-refractivity contribution in [1.29, 1.82) is 0 Å². The summed E-state index contributed by atoms with van der Waals surface area (Å²) in [4.78, 5) is 4.41. The second-order valence-corrected chi connectivity index (χ2v) is 4.67. The van der Waals surface area contributed by atoms with Crippen LogP contribution in [0, 0.1) is 0 Å². The first-order chi connectivity index (χ1) is 8.80. The van der Waals surface area contributed by atoms with Crippen LogP contribution in [0.25, 0.3) is 0 Å². The molecule has 1 aromatic rings. The molecule has 0 saturated carbocycles. The molecule has 2 heterocycles. The molecule has 0 atom stereocenters. The van der Waals surface area contributed by atoms with Gasteiger partial charge in [-0.1, -0.05) is 12.1 Å². The van der Waals surface area contributed by atoms with Gasteiger partial charge >= 0.3 is 0 Å². The fourth-order valence-electron chi connectivity index (χ4n) is 2.10. The summed E-state index contributed by atoms with van der Waals surface area (Å²) >= 11 is 0. The Morgan fingerprint density at radius 2 is 2.17 bits per heavy atom. The number of ether oxygens (including phenoxy) is 2. The summed E-state index contributed by atoms with van der Waals surface area (Å²) < 4.78 is 16.1. The summed E-state index contributed by atoms with van der Waals surface area (Å²) in [6.07, 6.45) is 2.65. The quantitative estimate of drug-likeness (QED) is 0.764. The van der Waals surface area contributed by atoms with Crippen LogP contribution in [0.5, 0.6) is 0 Å². The Kier molecular flexibility index (Phi) is 4.68. The van der Waals surface area contributed by atoms with Crippen molar-refractivity contribution in [2.75, 3.05) is 26.4 Å². The number of rotatable bonds is 6. The number of nitrogens with zero attached hydrogens (tertiary/aromatic N) is 2. The van der Waals surface area contributed by atoms with Crippen LogP contribution in [0.4, 0.5) is 0 Å². The standard InChI is InChI=1S/C12H21N3O3/c1-2-5-17-8-10-14-11(18-15-10)12(9-13)3-6-16-7-4-12/h2-9,13H2,1H3. The number of aromatic nitrogens is 2. The van der Waals surface area contributed by atoms with E-state index in [0.717, 1.165) is 19.3 Å². The zero-order valence-corrected chi connectivity index (χ0v) is 10.9. The van der Waals surface area contributed by atoms with Crippen molar-refractivity contribution in [3.05, 3.63) is 11.7 Å². The van der Waals surface area contributed by atoms with Crippen molar-refractivity contribution in [1.82, 2.24) is 10.1 Å². The van der Waals surface area contributed by atoms with Crippen molar-refractivity contribution in [3.63, 3.8) is 0 Å². The molecule has 1 aliphatic rings. The highest BCUT2D eigenvalue weighted by Gasteiger charge is 2.38. The fraction of sp³-hybridized carbons (Fsp3) is 0.833. The smallest absolute Gasteiger partial charge is 0.234 e. The van der Waals surface area contributed by atoms with Crippen LogP contribution in [0.2, 0.25) is 0 Å². The summed E-state index contributed by atoms with van der Waals surface area (Å²) in [5.74, 6) is 1.22. The normalized spacial score (nSPS) is 19.0. The first-order valence-corrected chi connectivity index (χ1v) is 6.49. The molecule has 1 aromatic heterocycles. The number of hydrogen-bond acceptors (Lipinski definition) is 6. The molecular weight excluding hydrogens is 234 g/mol. The maximum Gasteiger partial charge on any atom is 0.234 e. The zero-order chi connectivity index (χ0) is 12.8. The monoisotopic (exact) mass is 255 g/mol. The lowest BCUT2D eigenvalue weighted by molar-refractivity contribution is 0.0408. The third-order valence-corrected chi connectivity index (χ3v) is 3.34. The van der Waals surface area contributed by atoms with Gasteiger partial charge in [0.25, 0.3) is 0 Å². The van der Waals surface area contributed by atoms with E-state index in [-0.39, 0.29) is 5.41 Å². The zero-order valence-electron chi connectivity index (χ0n) is 10.9. The van der Waals surface area contributed by atoms with E-state index in [1.165, 1.54) is 0 Å². The van der Waals surface area contributed by atoms with Crippen LogP contribution >= 0.6 is 0 Å². The van der Waals surface area contributed by atoms with E-state index in [2.05, 4.69) is 17.1 Å². The maximum atomic E-state index is 5.89. The molecule has 1 saturated heterocycles. The summed E-state index contributed by atoms with van der Waals surface area (Å²) in [5.41, 5.74) is 5.67. The van der Waals surface area contributed by atoms with Gasteiger partial charge in [-0.25, -0.2) is 0 Å². The second-order valence-electron chi connectivity index (χ2n) is 4.67. The van der Waals surface area contributed by atoms with Gasteiger partial charge in [0.2, 0.25) is 5.89 Å². The molecular formula is C12H21N3O3. The van der Waals surface area contributed by atoms with E-state index in [4.69, 9.17) is 19.7 Å². The highest BCUT2D eigenvalue weighted by Crippen LogP contribution is 2.32. The highest BCUT2D eigenvalue weighted by atomic mass is 16.5. The topological polar surface area (TPSA) is 83.4 Å². The number of nitrogens with two attached hydrogens (primary N) is 1. The molecule has 0 spiro atoms. The molecule has 6 heteroatoms. The molecule has 0 radical (unpaired) electrons. The van der Waals surface area contributed by atoms with Gasteiger partial charge in [0.1, 0.15) is 6.61 Å². The minimum atomic E-state index is -0.214. The van der Waals surface area contributed by atoms with Crippen LogP contribution in [0.3, 0.4) is 0 Å². The second kappa shape index (κ2) is 6.26. The Morgan fingerprint density at radius 3 is 2.83 bits per heavy atom. The molecule has 1 fully saturated rings. The molecule has 1 aliphatic heterocycles. The van der Waals surface area contributed by atoms with Crippen molar-refractivity contribution >= 4 is 0 Å². The van der Waals surface area contributed by atoms with E-state index in [1.54, 1.807) is 0 Å². The van der Waals surface area contributed by atoms with Gasteiger partial charge in [-0.2, -0.15) is 4.98 Å². The lowest BCUT2D eigenvalue weighted by Crippen LogP contribution is -2.40. The molecule has 0 aliphatic carbocycles. The van der Waals surface area contributed by atoms with Gasteiger partial charge in [0.15, 0.2) is 5.82 Å². The Balaban J connectivity index is 2.02. The lowest BCUT2D eigenvalue weighted by Gasteiger charge is -2.32. The first kappa shape index (κ1) is 13.5. The molecule has 6 nitrogen and oxygen atoms in total. The molecule has 2 rings (SSSR count). The minimum absolute atomic E-state index is 0.214. The van der Waals surface area contributed by atoms with Crippen LogP contribution in [-0.4, -0.2) is 36.5 Å². The van der Waals surface area contributed by atoms with Gasteiger partial charge in [0, 0.05) is 26.4 Å². The van der Waals surface area contributed by atoms with Gasteiger partial charge in [0.05, 0.1) is 5.41 Å². The first-order valence-electron chi connectivity index (χ1n) is 6.49. The largest absolute Gasteiger partial charge is 0.381 e. The molecule has 2 N–H and O–H groups in total. The predicted octanol–water partition coefficient (Wildman–Crippen LogP) is 1.00. The Morgan fingerprint density at radius 1 is 1.39 bits per heavy atom. The SMILES string of the molecule is CCCOCc1noc(C2(CN)CCOCC2)n1. The summed E-state index contributed by atoms with van der Waals surface area (Å²) in [6, 6.07) is 0. The van der Waals surface area contributed by atoms with E-state index in [9.17, 15) is 0 Å². The Labute approximate surface area is 107 Å².